The van der Waals surface area contributed by atoms with Gasteiger partial charge in [-0.15, -0.1) is 0 Å². The van der Waals surface area contributed by atoms with Crippen LogP contribution in [0.3, 0.4) is 0 Å². The Morgan fingerprint density at radius 2 is 2.12 bits per heavy atom. The average Bonchev–Trinajstić information content (AvgIpc) is 2.43. The topological polar surface area (TPSA) is 69.6 Å². The minimum absolute atomic E-state index is 0.0879. The molecule has 5 nitrogen and oxygen atoms in total. The number of hydrogen-bond acceptors (Lipinski definition) is 4. The Bertz CT molecular complexity index is 300. The van der Waals surface area contributed by atoms with Crippen LogP contribution >= 0.6 is 0 Å². The molecule has 0 aliphatic carbocycles. The Morgan fingerprint density at radius 3 is 2.50 bits per heavy atom. The zero-order valence-corrected chi connectivity index (χ0v) is 10.3. The first-order valence-electron chi connectivity index (χ1n) is 5.52. The molecular formula is C11H20N2O3. The van der Waals surface area contributed by atoms with Crippen LogP contribution in [0.1, 0.15) is 27.2 Å². The van der Waals surface area contributed by atoms with Crippen molar-refractivity contribution in [2.45, 2.75) is 38.8 Å². The molecule has 0 aromatic carbocycles. The maximum absolute atomic E-state index is 11.6. The molecule has 1 rings (SSSR count). The maximum Gasteiger partial charge on any atom is 0.246 e. The molecule has 0 radical (unpaired) electrons. The van der Waals surface area contributed by atoms with E-state index < -0.39 is 11.6 Å². The van der Waals surface area contributed by atoms with Crippen molar-refractivity contribution in [2.75, 3.05) is 13.6 Å². The van der Waals surface area contributed by atoms with Crippen LogP contribution < -0.4 is 5.32 Å². The highest BCUT2D eigenvalue weighted by molar-refractivity contribution is 6.05. The van der Waals surface area contributed by atoms with Gasteiger partial charge in [0.25, 0.3) is 0 Å². The SMILES string of the molecule is CC(C)C(C)(O)CNC1CC(=O)N(C)C1=O. The van der Waals surface area contributed by atoms with Gasteiger partial charge >= 0.3 is 0 Å². The van der Waals surface area contributed by atoms with Crippen LogP contribution in [0, 0.1) is 5.92 Å². The fourth-order valence-electron chi connectivity index (χ4n) is 1.45. The number of likely N-dealkylation sites (N-methyl/N-ethyl adjacent to an activating group) is 1. The van der Waals surface area contributed by atoms with Gasteiger partial charge in [-0.1, -0.05) is 13.8 Å². The lowest BCUT2D eigenvalue weighted by molar-refractivity contribution is -0.137. The second-order valence-electron chi connectivity index (χ2n) is 4.94. The summed E-state index contributed by atoms with van der Waals surface area (Å²) in [5, 5.41) is 12.9. The van der Waals surface area contributed by atoms with Crippen LogP contribution in [-0.2, 0) is 9.59 Å². The van der Waals surface area contributed by atoms with Crippen molar-refractivity contribution >= 4 is 11.8 Å². The maximum atomic E-state index is 11.6. The summed E-state index contributed by atoms with van der Waals surface area (Å²) in [5.74, 6) is -0.304. The molecule has 1 aliphatic rings. The third-order valence-electron chi connectivity index (χ3n) is 3.33. The molecule has 1 aliphatic heterocycles. The van der Waals surface area contributed by atoms with E-state index in [0.29, 0.717) is 6.54 Å². The number of nitrogens with one attached hydrogen (secondary N) is 1. The first-order valence-corrected chi connectivity index (χ1v) is 5.52. The zero-order valence-electron chi connectivity index (χ0n) is 10.3. The lowest BCUT2D eigenvalue weighted by Crippen LogP contribution is -2.47. The van der Waals surface area contributed by atoms with Gasteiger partial charge in [0.1, 0.15) is 0 Å². The second-order valence-corrected chi connectivity index (χ2v) is 4.94. The Labute approximate surface area is 95.8 Å². The van der Waals surface area contributed by atoms with Crippen LogP contribution in [0.2, 0.25) is 0 Å². The van der Waals surface area contributed by atoms with Gasteiger partial charge in [-0.05, 0) is 12.8 Å². The zero-order chi connectivity index (χ0) is 12.5. The van der Waals surface area contributed by atoms with Gasteiger partial charge in [0.2, 0.25) is 11.8 Å². The molecule has 1 fully saturated rings. The van der Waals surface area contributed by atoms with Gasteiger partial charge < -0.3 is 10.4 Å². The van der Waals surface area contributed by atoms with Crippen molar-refractivity contribution in [3.8, 4) is 0 Å². The number of hydrogen-bond donors (Lipinski definition) is 2. The number of rotatable bonds is 4. The summed E-state index contributed by atoms with van der Waals surface area (Å²) in [5.41, 5.74) is -0.871. The number of carbonyl (C=O) groups is 2. The minimum Gasteiger partial charge on any atom is -0.389 e. The molecule has 2 N–H and O–H groups in total. The summed E-state index contributed by atoms with van der Waals surface area (Å²) in [7, 11) is 1.48. The van der Waals surface area contributed by atoms with Gasteiger partial charge in [0.05, 0.1) is 18.1 Å². The quantitative estimate of drug-likeness (QED) is 0.650. The standard InChI is InChI=1S/C11H20N2O3/c1-7(2)11(3,16)6-12-8-5-9(14)13(4)10(8)15/h7-8,12,16H,5-6H2,1-4H3. The van der Waals surface area contributed by atoms with Crippen LogP contribution in [0.5, 0.6) is 0 Å². The molecule has 2 atom stereocenters. The second kappa shape index (κ2) is 4.51. The van der Waals surface area contributed by atoms with Crippen LogP contribution in [0.4, 0.5) is 0 Å². The van der Waals surface area contributed by atoms with Gasteiger partial charge in [-0.3, -0.25) is 14.5 Å². The molecule has 0 saturated carbocycles. The number of aliphatic hydroxyl groups is 1. The number of nitrogens with zero attached hydrogens (tertiary/aromatic N) is 1. The van der Waals surface area contributed by atoms with Crippen molar-refractivity contribution in [3.05, 3.63) is 0 Å². The van der Waals surface area contributed by atoms with Crippen LogP contribution in [0.15, 0.2) is 0 Å². The van der Waals surface area contributed by atoms with E-state index in [2.05, 4.69) is 5.32 Å². The number of imide groups is 1. The van der Waals surface area contributed by atoms with Gasteiger partial charge in [0, 0.05) is 13.6 Å². The van der Waals surface area contributed by atoms with Gasteiger partial charge in [-0.25, -0.2) is 0 Å². The molecule has 0 spiro atoms. The van der Waals surface area contributed by atoms with E-state index in [1.165, 1.54) is 7.05 Å². The molecule has 0 aromatic rings. The molecule has 2 amide bonds. The molecule has 5 heteroatoms. The smallest absolute Gasteiger partial charge is 0.246 e. The molecule has 0 bridgehead atoms. The van der Waals surface area contributed by atoms with Crippen molar-refractivity contribution in [3.63, 3.8) is 0 Å². The normalized spacial score (nSPS) is 25.4. The molecule has 0 aromatic heterocycles. The first kappa shape index (κ1) is 13.1. The highest BCUT2D eigenvalue weighted by atomic mass is 16.3. The first-order chi connectivity index (χ1) is 7.25. The summed E-state index contributed by atoms with van der Waals surface area (Å²) in [6, 6.07) is -0.484. The lowest BCUT2D eigenvalue weighted by atomic mass is 9.92. The van der Waals surface area contributed by atoms with E-state index in [-0.39, 0.29) is 24.2 Å². The molecular weight excluding hydrogens is 208 g/mol. The number of amides is 2. The van der Waals surface area contributed by atoms with E-state index in [4.69, 9.17) is 0 Å². The fraction of sp³-hybridized carbons (Fsp3) is 0.818. The summed E-state index contributed by atoms with van der Waals surface area (Å²) in [6.07, 6.45) is 0.184. The van der Waals surface area contributed by atoms with Crippen molar-refractivity contribution in [1.29, 1.82) is 0 Å². The summed E-state index contributed by atoms with van der Waals surface area (Å²) in [4.78, 5) is 23.9. The lowest BCUT2D eigenvalue weighted by Gasteiger charge is -2.29. The monoisotopic (exact) mass is 228 g/mol. The molecule has 16 heavy (non-hydrogen) atoms. The molecule has 1 heterocycles. The molecule has 2 unspecified atom stereocenters. The summed E-state index contributed by atoms with van der Waals surface area (Å²) >= 11 is 0. The Hall–Kier alpha value is -0.940. The molecule has 1 saturated heterocycles. The highest BCUT2D eigenvalue weighted by Gasteiger charge is 2.37. The van der Waals surface area contributed by atoms with E-state index in [1.54, 1.807) is 6.92 Å². The fourth-order valence-corrected chi connectivity index (χ4v) is 1.45. The minimum atomic E-state index is -0.871. The van der Waals surface area contributed by atoms with Crippen molar-refractivity contribution in [1.82, 2.24) is 10.2 Å². The Morgan fingerprint density at radius 1 is 1.56 bits per heavy atom. The average molecular weight is 228 g/mol. The molecule has 92 valence electrons. The predicted octanol–water partition coefficient (Wildman–Crippen LogP) is -0.260. The van der Waals surface area contributed by atoms with E-state index in [1.807, 2.05) is 13.8 Å². The van der Waals surface area contributed by atoms with Gasteiger partial charge in [0.15, 0.2) is 0 Å². The van der Waals surface area contributed by atoms with Crippen molar-refractivity contribution < 1.29 is 14.7 Å². The van der Waals surface area contributed by atoms with Crippen LogP contribution in [-0.4, -0.2) is 47.1 Å². The number of carbonyl (C=O) groups excluding carboxylic acids is 2. The van der Waals surface area contributed by atoms with Crippen LogP contribution in [0.25, 0.3) is 0 Å². The highest BCUT2D eigenvalue weighted by Crippen LogP contribution is 2.16. The predicted molar refractivity (Wildman–Crippen MR) is 59.6 cm³/mol. The van der Waals surface area contributed by atoms with E-state index in [0.717, 1.165) is 4.90 Å². The third-order valence-corrected chi connectivity index (χ3v) is 3.33. The largest absolute Gasteiger partial charge is 0.389 e. The van der Waals surface area contributed by atoms with E-state index in [9.17, 15) is 14.7 Å². The Balaban J connectivity index is 2.52. The summed E-state index contributed by atoms with van der Waals surface area (Å²) in [6.45, 7) is 5.85. The third kappa shape index (κ3) is 2.59. The van der Waals surface area contributed by atoms with E-state index >= 15 is 0 Å². The van der Waals surface area contributed by atoms with Gasteiger partial charge in [-0.2, -0.15) is 0 Å². The Kier molecular flexibility index (Phi) is 3.70. The van der Waals surface area contributed by atoms with Crippen molar-refractivity contribution in [2.24, 2.45) is 5.92 Å². The summed E-state index contributed by atoms with van der Waals surface area (Å²) < 4.78 is 0. The number of likely N-dealkylation sites (tertiary alicyclic amines) is 1.